The lowest BCUT2D eigenvalue weighted by Crippen LogP contribution is -2.11. The second-order valence-electron chi connectivity index (χ2n) is 6.19. The zero-order valence-corrected chi connectivity index (χ0v) is 12.9. The Morgan fingerprint density at radius 3 is 2.57 bits per heavy atom. The van der Waals surface area contributed by atoms with Gasteiger partial charge in [0.1, 0.15) is 0 Å². The Bertz CT molecular complexity index is 680. The third kappa shape index (κ3) is 3.71. The van der Waals surface area contributed by atoms with Gasteiger partial charge in [-0.25, -0.2) is 0 Å². The van der Waals surface area contributed by atoms with Crippen LogP contribution in [0.25, 0.3) is 11.1 Å². The summed E-state index contributed by atoms with van der Waals surface area (Å²) in [5.41, 5.74) is 5.00. The zero-order valence-electron chi connectivity index (χ0n) is 12.9. The molecule has 0 heterocycles. The predicted octanol–water partition coefficient (Wildman–Crippen LogP) is 4.25. The molecule has 2 rings (SSSR count). The topological polar surface area (TPSA) is 44.0 Å². The van der Waals surface area contributed by atoms with E-state index >= 15 is 0 Å². The van der Waals surface area contributed by atoms with Gasteiger partial charge in [-0.3, -0.25) is 0 Å². The molecule has 0 spiro atoms. The van der Waals surface area contributed by atoms with Crippen LogP contribution in [0.2, 0.25) is 0 Å². The largest absolute Gasteiger partial charge is 0.392 e. The van der Waals surface area contributed by atoms with Gasteiger partial charge in [0.05, 0.1) is 18.1 Å². The zero-order chi connectivity index (χ0) is 15.5. The third-order valence-electron chi connectivity index (χ3n) is 3.62. The van der Waals surface area contributed by atoms with Crippen LogP contribution < -0.4 is 0 Å². The van der Waals surface area contributed by atoms with E-state index in [1.807, 2.05) is 39.0 Å². The summed E-state index contributed by atoms with van der Waals surface area (Å²) >= 11 is 0. The van der Waals surface area contributed by atoms with Crippen LogP contribution in [-0.2, 0) is 13.0 Å². The Balaban J connectivity index is 2.40. The first-order chi connectivity index (χ1) is 9.95. The molecule has 108 valence electrons. The van der Waals surface area contributed by atoms with E-state index in [1.165, 1.54) is 0 Å². The molecule has 2 heteroatoms. The average Bonchev–Trinajstić information content (AvgIpc) is 2.47. The van der Waals surface area contributed by atoms with Gasteiger partial charge in [0.25, 0.3) is 0 Å². The number of benzene rings is 2. The van der Waals surface area contributed by atoms with Gasteiger partial charge in [-0.05, 0) is 49.4 Å². The molecule has 0 aliphatic carbocycles. The molecule has 2 nitrogen and oxygen atoms in total. The maximum atomic E-state index is 9.55. The van der Waals surface area contributed by atoms with Gasteiger partial charge < -0.3 is 5.11 Å². The van der Waals surface area contributed by atoms with Crippen molar-refractivity contribution in [3.8, 4) is 17.2 Å². The van der Waals surface area contributed by atoms with Crippen molar-refractivity contribution in [1.29, 1.82) is 5.26 Å². The number of aryl methyl sites for hydroxylation is 1. The van der Waals surface area contributed by atoms with Gasteiger partial charge in [0.15, 0.2) is 0 Å². The van der Waals surface area contributed by atoms with Gasteiger partial charge in [-0.15, -0.1) is 0 Å². The van der Waals surface area contributed by atoms with Crippen LogP contribution in [0.3, 0.4) is 0 Å². The first kappa shape index (κ1) is 15.3. The number of aliphatic hydroxyl groups is 1. The molecule has 0 fully saturated rings. The van der Waals surface area contributed by atoms with E-state index in [0.29, 0.717) is 0 Å². The fourth-order valence-electron chi connectivity index (χ4n) is 2.53. The minimum absolute atomic E-state index is 0.0327. The summed E-state index contributed by atoms with van der Waals surface area (Å²) in [6, 6.07) is 16.7. The lowest BCUT2D eigenvalue weighted by molar-refractivity contribution is 0.282. The van der Waals surface area contributed by atoms with E-state index in [9.17, 15) is 10.4 Å². The average molecular weight is 279 g/mol. The fraction of sp³-hybridized carbons (Fsp3) is 0.316. The molecular weight excluding hydrogens is 258 g/mol. The highest BCUT2D eigenvalue weighted by Gasteiger charge is 2.17. The number of aliphatic hydroxyl groups excluding tert-OH is 1. The molecular formula is C19H21NO. The summed E-state index contributed by atoms with van der Waals surface area (Å²) in [7, 11) is 0. The number of hydrogen-bond donors (Lipinski definition) is 1. The first-order valence-electron chi connectivity index (χ1n) is 7.16. The summed E-state index contributed by atoms with van der Waals surface area (Å²) in [6.07, 6.45) is 0.720. The van der Waals surface area contributed by atoms with Crippen LogP contribution >= 0.6 is 0 Å². The van der Waals surface area contributed by atoms with Crippen LogP contribution in [-0.4, -0.2) is 5.11 Å². The Morgan fingerprint density at radius 1 is 1.14 bits per heavy atom. The summed E-state index contributed by atoms with van der Waals surface area (Å²) in [6.45, 7) is 5.95. The van der Waals surface area contributed by atoms with Crippen LogP contribution in [0, 0.1) is 23.7 Å². The molecule has 0 bridgehead atoms. The van der Waals surface area contributed by atoms with Crippen LogP contribution in [0.1, 0.15) is 30.5 Å². The minimum atomic E-state index is -0.369. The van der Waals surface area contributed by atoms with Crippen molar-refractivity contribution < 1.29 is 5.11 Å². The molecule has 0 aliphatic heterocycles. The summed E-state index contributed by atoms with van der Waals surface area (Å²) in [4.78, 5) is 0. The predicted molar refractivity (Wildman–Crippen MR) is 85.6 cm³/mol. The number of rotatable bonds is 4. The van der Waals surface area contributed by atoms with E-state index in [4.69, 9.17) is 0 Å². The van der Waals surface area contributed by atoms with Gasteiger partial charge in [-0.1, -0.05) is 48.0 Å². The van der Waals surface area contributed by atoms with Crippen molar-refractivity contribution in [3.63, 3.8) is 0 Å². The molecule has 2 aromatic rings. The van der Waals surface area contributed by atoms with E-state index in [2.05, 4.69) is 30.3 Å². The lowest BCUT2D eigenvalue weighted by Gasteiger charge is -2.16. The van der Waals surface area contributed by atoms with Crippen molar-refractivity contribution in [2.75, 3.05) is 0 Å². The fourth-order valence-corrected chi connectivity index (χ4v) is 2.53. The Hall–Kier alpha value is -2.11. The highest BCUT2D eigenvalue weighted by molar-refractivity contribution is 5.68. The molecule has 2 aromatic carbocycles. The molecule has 0 aliphatic rings. The number of nitrogens with zero attached hydrogens (tertiary/aromatic N) is 1. The maximum Gasteiger partial charge on any atom is 0.0687 e. The quantitative estimate of drug-likeness (QED) is 0.909. The van der Waals surface area contributed by atoms with Crippen LogP contribution in [0.5, 0.6) is 0 Å². The molecule has 0 saturated heterocycles. The molecule has 0 aromatic heterocycles. The van der Waals surface area contributed by atoms with Crippen molar-refractivity contribution in [1.82, 2.24) is 0 Å². The Morgan fingerprint density at radius 2 is 1.90 bits per heavy atom. The van der Waals surface area contributed by atoms with Crippen molar-refractivity contribution in [3.05, 3.63) is 59.2 Å². The number of hydrogen-bond acceptors (Lipinski definition) is 2. The highest BCUT2D eigenvalue weighted by Crippen LogP contribution is 2.28. The number of nitriles is 1. The molecule has 0 radical (unpaired) electrons. The maximum absolute atomic E-state index is 9.55. The standard InChI is InChI=1S/C19H21NO/c1-14-7-8-18(17(9-14)12-21)16-6-4-5-15(10-16)11-19(2,3)13-20/h4-10,21H,11-12H2,1-3H3. The van der Waals surface area contributed by atoms with Crippen LogP contribution in [0.15, 0.2) is 42.5 Å². The SMILES string of the molecule is Cc1ccc(-c2cccc(CC(C)(C)C#N)c2)c(CO)c1. The van der Waals surface area contributed by atoms with Gasteiger partial charge in [0.2, 0.25) is 0 Å². The van der Waals surface area contributed by atoms with Gasteiger partial charge in [0, 0.05) is 0 Å². The first-order valence-corrected chi connectivity index (χ1v) is 7.16. The minimum Gasteiger partial charge on any atom is -0.392 e. The van der Waals surface area contributed by atoms with Crippen molar-refractivity contribution in [2.24, 2.45) is 5.41 Å². The van der Waals surface area contributed by atoms with E-state index in [0.717, 1.165) is 34.2 Å². The molecule has 0 amide bonds. The summed E-state index contributed by atoms with van der Waals surface area (Å²) in [5, 5.41) is 18.7. The van der Waals surface area contributed by atoms with Gasteiger partial charge >= 0.3 is 0 Å². The monoisotopic (exact) mass is 279 g/mol. The third-order valence-corrected chi connectivity index (χ3v) is 3.62. The van der Waals surface area contributed by atoms with Crippen LogP contribution in [0.4, 0.5) is 0 Å². The normalized spacial score (nSPS) is 11.2. The Labute approximate surface area is 126 Å². The molecule has 0 atom stereocenters. The Kier molecular flexibility index (Phi) is 4.45. The molecule has 1 N–H and O–H groups in total. The second-order valence-corrected chi connectivity index (χ2v) is 6.19. The van der Waals surface area contributed by atoms with Crippen molar-refractivity contribution in [2.45, 2.75) is 33.8 Å². The summed E-state index contributed by atoms with van der Waals surface area (Å²) in [5.74, 6) is 0. The van der Waals surface area contributed by atoms with Crippen molar-refractivity contribution >= 4 is 0 Å². The van der Waals surface area contributed by atoms with Gasteiger partial charge in [-0.2, -0.15) is 5.26 Å². The molecule has 21 heavy (non-hydrogen) atoms. The van der Waals surface area contributed by atoms with E-state index in [1.54, 1.807) is 0 Å². The van der Waals surface area contributed by atoms with E-state index < -0.39 is 0 Å². The molecule has 0 saturated carbocycles. The van der Waals surface area contributed by atoms with E-state index in [-0.39, 0.29) is 12.0 Å². The summed E-state index contributed by atoms with van der Waals surface area (Å²) < 4.78 is 0. The molecule has 0 unspecified atom stereocenters. The lowest BCUT2D eigenvalue weighted by atomic mass is 9.86. The smallest absolute Gasteiger partial charge is 0.0687 e. The highest BCUT2D eigenvalue weighted by atomic mass is 16.3. The second kappa shape index (κ2) is 6.11.